The van der Waals surface area contributed by atoms with Gasteiger partial charge in [-0.3, -0.25) is 4.79 Å². The van der Waals surface area contributed by atoms with E-state index in [9.17, 15) is 9.18 Å². The van der Waals surface area contributed by atoms with E-state index in [1.807, 2.05) is 18.2 Å². The average Bonchev–Trinajstić information content (AvgIpc) is 2.53. The lowest BCUT2D eigenvalue weighted by atomic mass is 10.2. The predicted molar refractivity (Wildman–Crippen MR) is 84.2 cm³/mol. The van der Waals surface area contributed by atoms with Gasteiger partial charge >= 0.3 is 0 Å². The number of nitrogens with zero attached hydrogens (tertiary/aromatic N) is 1. The molecular weight excluding hydrogens is 283 g/mol. The number of ether oxygens (including phenoxy) is 1. The summed E-state index contributed by atoms with van der Waals surface area (Å²) in [6.45, 7) is 0. The van der Waals surface area contributed by atoms with Gasteiger partial charge in [0.1, 0.15) is 5.69 Å². The third-order valence-electron chi connectivity index (χ3n) is 3.24. The van der Waals surface area contributed by atoms with E-state index in [2.05, 4.69) is 9.97 Å². The Kier molecular flexibility index (Phi) is 3.70. The Labute approximate surface area is 125 Å². The second-order valence-corrected chi connectivity index (χ2v) is 4.70. The molecule has 110 valence electrons. The van der Waals surface area contributed by atoms with Gasteiger partial charge in [-0.15, -0.1) is 0 Å². The minimum atomic E-state index is -0.454. The van der Waals surface area contributed by atoms with Gasteiger partial charge in [0, 0.05) is 0 Å². The molecule has 0 atom stereocenters. The zero-order valence-electron chi connectivity index (χ0n) is 11.8. The number of hydrogen-bond acceptors (Lipinski definition) is 3. The Morgan fingerprint density at radius 1 is 1.18 bits per heavy atom. The number of nitrogens with one attached hydrogen (secondary N) is 1. The van der Waals surface area contributed by atoms with Crippen molar-refractivity contribution in [1.29, 1.82) is 0 Å². The summed E-state index contributed by atoms with van der Waals surface area (Å²) in [7, 11) is 1.41. The van der Waals surface area contributed by atoms with Gasteiger partial charge in [0.15, 0.2) is 11.6 Å². The summed E-state index contributed by atoms with van der Waals surface area (Å²) in [5.74, 6) is -0.274. The fourth-order valence-corrected chi connectivity index (χ4v) is 2.12. The number of hydrogen-bond donors (Lipinski definition) is 1. The van der Waals surface area contributed by atoms with Crippen LogP contribution in [0.25, 0.3) is 23.2 Å². The van der Waals surface area contributed by atoms with Crippen LogP contribution < -0.4 is 10.3 Å². The molecule has 5 heteroatoms. The lowest BCUT2D eigenvalue weighted by Gasteiger charge is -2.02. The molecule has 1 heterocycles. The molecule has 4 nitrogen and oxygen atoms in total. The van der Waals surface area contributed by atoms with Gasteiger partial charge in [-0.1, -0.05) is 24.3 Å². The van der Waals surface area contributed by atoms with Crippen LogP contribution in [-0.4, -0.2) is 17.1 Å². The van der Waals surface area contributed by atoms with Crippen molar-refractivity contribution in [3.63, 3.8) is 0 Å². The number of halogens is 1. The molecule has 1 N–H and O–H groups in total. The van der Waals surface area contributed by atoms with Gasteiger partial charge in [0.2, 0.25) is 0 Å². The summed E-state index contributed by atoms with van der Waals surface area (Å²) < 4.78 is 18.5. The minimum absolute atomic E-state index is 0.179. The molecule has 0 aliphatic heterocycles. The molecular formula is C17H13FN2O2. The van der Waals surface area contributed by atoms with Crippen LogP contribution in [0.15, 0.2) is 47.3 Å². The number of aromatic nitrogens is 2. The molecule has 0 fully saturated rings. The molecule has 0 radical (unpaired) electrons. The van der Waals surface area contributed by atoms with Gasteiger partial charge in [-0.05, 0) is 35.9 Å². The molecule has 2 aromatic carbocycles. The quantitative estimate of drug-likeness (QED) is 0.807. The molecule has 0 amide bonds. The second-order valence-electron chi connectivity index (χ2n) is 4.70. The highest BCUT2D eigenvalue weighted by Crippen LogP contribution is 2.18. The molecule has 0 spiro atoms. The number of aromatic amines is 1. The minimum Gasteiger partial charge on any atom is -0.494 e. The first-order chi connectivity index (χ1) is 10.7. The van der Waals surface area contributed by atoms with E-state index in [4.69, 9.17) is 4.74 Å². The number of methoxy groups -OCH3 is 1. The van der Waals surface area contributed by atoms with Crippen LogP contribution in [0.1, 0.15) is 11.3 Å². The maximum Gasteiger partial charge on any atom is 0.274 e. The van der Waals surface area contributed by atoms with Gasteiger partial charge in [-0.25, -0.2) is 9.37 Å². The smallest absolute Gasteiger partial charge is 0.274 e. The van der Waals surface area contributed by atoms with Crippen LogP contribution in [0.2, 0.25) is 0 Å². The highest BCUT2D eigenvalue weighted by molar-refractivity contribution is 5.76. The van der Waals surface area contributed by atoms with Crippen molar-refractivity contribution in [1.82, 2.24) is 9.97 Å². The third kappa shape index (κ3) is 2.74. The zero-order chi connectivity index (χ0) is 15.5. The van der Waals surface area contributed by atoms with Crippen molar-refractivity contribution < 1.29 is 9.13 Å². The topological polar surface area (TPSA) is 55.0 Å². The normalized spacial score (nSPS) is 11.2. The van der Waals surface area contributed by atoms with Crippen LogP contribution in [-0.2, 0) is 0 Å². The molecule has 0 bridgehead atoms. The van der Waals surface area contributed by atoms with Gasteiger partial charge < -0.3 is 9.72 Å². The van der Waals surface area contributed by atoms with Gasteiger partial charge in [0.05, 0.1) is 18.1 Å². The summed E-state index contributed by atoms with van der Waals surface area (Å²) in [6.07, 6.45) is 3.20. The van der Waals surface area contributed by atoms with Crippen molar-refractivity contribution in [2.75, 3.05) is 7.11 Å². The van der Waals surface area contributed by atoms with Crippen molar-refractivity contribution in [3.8, 4) is 5.75 Å². The maximum absolute atomic E-state index is 13.6. The average molecular weight is 296 g/mol. The van der Waals surface area contributed by atoms with E-state index in [0.29, 0.717) is 16.6 Å². The third-order valence-corrected chi connectivity index (χ3v) is 3.24. The standard InChI is InChI=1S/C17H13FN2O2/c1-22-16-9-7-11(10-12(16)18)6-8-15-17(21)20-14-5-3-2-4-13(14)19-15/h2-10H,1H3,(H,20,21). The summed E-state index contributed by atoms with van der Waals surface area (Å²) in [4.78, 5) is 19.0. The van der Waals surface area contributed by atoms with Crippen molar-refractivity contribution in [2.45, 2.75) is 0 Å². The van der Waals surface area contributed by atoms with Gasteiger partial charge in [-0.2, -0.15) is 0 Å². The van der Waals surface area contributed by atoms with Crippen LogP contribution >= 0.6 is 0 Å². The first-order valence-corrected chi connectivity index (χ1v) is 6.68. The van der Waals surface area contributed by atoms with E-state index in [-0.39, 0.29) is 17.0 Å². The zero-order valence-corrected chi connectivity index (χ0v) is 11.8. The van der Waals surface area contributed by atoms with Crippen molar-refractivity contribution in [3.05, 3.63) is 69.9 Å². The SMILES string of the molecule is COc1ccc(C=Cc2nc3ccccc3[nH]c2=O)cc1F. The Hall–Kier alpha value is -2.95. The Morgan fingerprint density at radius 2 is 2.00 bits per heavy atom. The molecule has 0 saturated heterocycles. The largest absolute Gasteiger partial charge is 0.494 e. The lowest BCUT2D eigenvalue weighted by molar-refractivity contribution is 0.386. The molecule has 3 aromatic rings. The molecule has 22 heavy (non-hydrogen) atoms. The van der Waals surface area contributed by atoms with Gasteiger partial charge in [0.25, 0.3) is 5.56 Å². The van der Waals surface area contributed by atoms with Crippen LogP contribution in [0, 0.1) is 5.82 Å². The second kappa shape index (κ2) is 5.81. The van der Waals surface area contributed by atoms with E-state index >= 15 is 0 Å². The number of rotatable bonds is 3. The molecule has 0 unspecified atom stereocenters. The first kappa shape index (κ1) is 14.0. The maximum atomic E-state index is 13.6. The highest BCUT2D eigenvalue weighted by atomic mass is 19.1. The summed E-state index contributed by atoms with van der Waals surface area (Å²) in [6, 6.07) is 11.9. The molecule has 0 aliphatic rings. The fourth-order valence-electron chi connectivity index (χ4n) is 2.12. The van der Waals surface area contributed by atoms with Crippen LogP contribution in [0.5, 0.6) is 5.75 Å². The number of H-pyrrole nitrogens is 1. The Bertz CT molecular complexity index is 916. The van der Waals surface area contributed by atoms with Crippen LogP contribution in [0.4, 0.5) is 4.39 Å². The van der Waals surface area contributed by atoms with E-state index < -0.39 is 5.82 Å². The van der Waals surface area contributed by atoms with Crippen molar-refractivity contribution >= 4 is 23.2 Å². The predicted octanol–water partition coefficient (Wildman–Crippen LogP) is 3.24. The Morgan fingerprint density at radius 3 is 2.77 bits per heavy atom. The summed E-state index contributed by atoms with van der Waals surface area (Å²) >= 11 is 0. The van der Waals surface area contributed by atoms with Crippen molar-refractivity contribution in [2.24, 2.45) is 0 Å². The van der Waals surface area contributed by atoms with Crippen LogP contribution in [0.3, 0.4) is 0 Å². The Balaban J connectivity index is 1.97. The monoisotopic (exact) mass is 296 g/mol. The van der Waals surface area contributed by atoms with E-state index in [1.165, 1.54) is 19.2 Å². The molecule has 1 aromatic heterocycles. The first-order valence-electron chi connectivity index (χ1n) is 6.68. The highest BCUT2D eigenvalue weighted by Gasteiger charge is 2.03. The summed E-state index contributed by atoms with van der Waals surface area (Å²) in [5, 5.41) is 0. The van der Waals surface area contributed by atoms with E-state index in [0.717, 1.165) is 0 Å². The summed E-state index contributed by atoms with van der Waals surface area (Å²) in [5.41, 5.74) is 1.98. The molecule has 0 saturated carbocycles. The molecule has 0 aliphatic carbocycles. The number of fused-ring (bicyclic) bond motifs is 1. The number of para-hydroxylation sites is 2. The molecule has 3 rings (SSSR count). The lowest BCUT2D eigenvalue weighted by Crippen LogP contribution is -2.11. The van der Waals surface area contributed by atoms with E-state index in [1.54, 1.807) is 24.3 Å². The number of benzene rings is 2. The fraction of sp³-hybridized carbons (Fsp3) is 0.0588.